The van der Waals surface area contributed by atoms with Crippen LogP contribution in [0.5, 0.6) is 5.75 Å². The van der Waals surface area contributed by atoms with Crippen molar-refractivity contribution in [2.45, 2.75) is 45.1 Å². The molecule has 0 aliphatic heterocycles. The first-order valence-corrected chi connectivity index (χ1v) is 7.28. The predicted octanol–water partition coefficient (Wildman–Crippen LogP) is 3.40. The first-order valence-electron chi connectivity index (χ1n) is 7.28. The molecule has 4 nitrogen and oxygen atoms in total. The summed E-state index contributed by atoms with van der Waals surface area (Å²) in [6.07, 6.45) is 5.91. The van der Waals surface area contributed by atoms with Gasteiger partial charge in [-0.3, -0.25) is 0 Å². The Hall–Kier alpha value is -1.71. The predicted molar refractivity (Wildman–Crippen MR) is 78.9 cm³/mol. The maximum Gasteiger partial charge on any atom is 0.341 e. The second-order valence-electron chi connectivity index (χ2n) is 5.42. The van der Waals surface area contributed by atoms with Gasteiger partial charge < -0.3 is 15.2 Å². The first kappa shape index (κ1) is 14.7. The summed E-state index contributed by atoms with van der Waals surface area (Å²) in [7, 11) is 1.36. The van der Waals surface area contributed by atoms with E-state index in [0.717, 1.165) is 18.8 Å². The third kappa shape index (κ3) is 3.44. The van der Waals surface area contributed by atoms with Crippen LogP contribution in [0.2, 0.25) is 0 Å². The van der Waals surface area contributed by atoms with Crippen molar-refractivity contribution in [2.75, 3.05) is 12.8 Å². The second kappa shape index (κ2) is 6.64. The molecule has 0 atom stereocenters. The number of rotatable bonds is 4. The molecule has 1 aromatic rings. The van der Waals surface area contributed by atoms with Crippen molar-refractivity contribution in [1.82, 2.24) is 0 Å². The number of hydrogen-bond donors (Lipinski definition) is 1. The van der Waals surface area contributed by atoms with Crippen molar-refractivity contribution < 1.29 is 14.3 Å². The lowest BCUT2D eigenvalue weighted by atomic mass is 9.86. The molecule has 0 unspecified atom stereocenters. The highest BCUT2D eigenvalue weighted by Gasteiger charge is 2.23. The number of hydrogen-bond acceptors (Lipinski definition) is 4. The van der Waals surface area contributed by atoms with E-state index in [9.17, 15) is 4.79 Å². The summed E-state index contributed by atoms with van der Waals surface area (Å²) in [6, 6.07) is 5.12. The number of methoxy groups -OCH3 is 1. The molecule has 0 spiro atoms. The van der Waals surface area contributed by atoms with Gasteiger partial charge in [0, 0.05) is 5.69 Å². The number of nitrogens with two attached hydrogens (primary N) is 1. The van der Waals surface area contributed by atoms with Gasteiger partial charge in [-0.2, -0.15) is 0 Å². The molecule has 0 aromatic heterocycles. The Kier molecular flexibility index (Phi) is 4.88. The minimum absolute atomic E-state index is 0.185. The van der Waals surface area contributed by atoms with E-state index in [0.29, 0.717) is 17.0 Å². The summed E-state index contributed by atoms with van der Waals surface area (Å²) in [5, 5.41) is 0. The molecule has 1 aliphatic carbocycles. The Balaban J connectivity index is 2.07. The zero-order valence-corrected chi connectivity index (χ0v) is 12.2. The van der Waals surface area contributed by atoms with Crippen LogP contribution in [-0.2, 0) is 4.74 Å². The zero-order valence-electron chi connectivity index (χ0n) is 12.2. The van der Waals surface area contributed by atoms with Crippen LogP contribution in [0.3, 0.4) is 0 Å². The highest BCUT2D eigenvalue weighted by molar-refractivity contribution is 5.93. The van der Waals surface area contributed by atoms with Crippen molar-refractivity contribution in [3.05, 3.63) is 23.8 Å². The molecule has 2 rings (SSSR count). The normalized spacial score (nSPS) is 22.3. The number of ether oxygens (including phenoxy) is 2. The van der Waals surface area contributed by atoms with Crippen LogP contribution in [-0.4, -0.2) is 19.2 Å². The fraction of sp³-hybridized carbons (Fsp3) is 0.562. The largest absolute Gasteiger partial charge is 0.490 e. The molecule has 0 bridgehead atoms. The summed E-state index contributed by atoms with van der Waals surface area (Å²) >= 11 is 0. The summed E-state index contributed by atoms with van der Waals surface area (Å²) in [5.74, 6) is 0.988. The Morgan fingerprint density at radius 1 is 1.30 bits per heavy atom. The van der Waals surface area contributed by atoms with Crippen LogP contribution in [0.25, 0.3) is 0 Å². The van der Waals surface area contributed by atoms with Crippen LogP contribution in [0.15, 0.2) is 18.2 Å². The number of carbonyl (C=O) groups is 1. The van der Waals surface area contributed by atoms with Gasteiger partial charge in [-0.15, -0.1) is 0 Å². The Morgan fingerprint density at radius 3 is 2.60 bits per heavy atom. The van der Waals surface area contributed by atoms with Crippen LogP contribution in [0.1, 0.15) is 49.4 Å². The summed E-state index contributed by atoms with van der Waals surface area (Å²) in [4.78, 5) is 11.8. The zero-order chi connectivity index (χ0) is 14.5. The van der Waals surface area contributed by atoms with Gasteiger partial charge in [0.1, 0.15) is 11.3 Å². The van der Waals surface area contributed by atoms with E-state index >= 15 is 0 Å². The van der Waals surface area contributed by atoms with Gasteiger partial charge in [-0.1, -0.05) is 13.3 Å². The highest BCUT2D eigenvalue weighted by atomic mass is 16.5. The smallest absolute Gasteiger partial charge is 0.341 e. The van der Waals surface area contributed by atoms with Crippen molar-refractivity contribution in [1.29, 1.82) is 0 Å². The van der Waals surface area contributed by atoms with Crippen molar-refractivity contribution in [2.24, 2.45) is 5.92 Å². The third-order valence-electron chi connectivity index (χ3n) is 4.07. The Bertz CT molecular complexity index is 465. The Morgan fingerprint density at radius 2 is 2.00 bits per heavy atom. The van der Waals surface area contributed by atoms with Gasteiger partial charge in [0.15, 0.2) is 0 Å². The Labute approximate surface area is 120 Å². The maximum absolute atomic E-state index is 11.8. The molecule has 20 heavy (non-hydrogen) atoms. The van der Waals surface area contributed by atoms with E-state index in [1.807, 2.05) is 0 Å². The highest BCUT2D eigenvalue weighted by Crippen LogP contribution is 2.31. The van der Waals surface area contributed by atoms with Gasteiger partial charge in [0.25, 0.3) is 0 Å². The third-order valence-corrected chi connectivity index (χ3v) is 4.07. The van der Waals surface area contributed by atoms with Crippen LogP contribution >= 0.6 is 0 Å². The fourth-order valence-electron chi connectivity index (χ4n) is 2.76. The van der Waals surface area contributed by atoms with E-state index in [4.69, 9.17) is 15.2 Å². The average molecular weight is 277 g/mol. The van der Waals surface area contributed by atoms with E-state index < -0.39 is 5.97 Å². The lowest BCUT2D eigenvalue weighted by Gasteiger charge is -2.28. The van der Waals surface area contributed by atoms with Crippen molar-refractivity contribution >= 4 is 11.7 Å². The van der Waals surface area contributed by atoms with Gasteiger partial charge in [-0.25, -0.2) is 4.79 Å². The first-order chi connectivity index (χ1) is 9.63. The van der Waals surface area contributed by atoms with Crippen molar-refractivity contribution in [3.8, 4) is 5.75 Å². The summed E-state index contributed by atoms with van der Waals surface area (Å²) in [5.41, 5.74) is 6.67. The molecule has 1 fully saturated rings. The molecule has 1 aromatic carbocycles. The molecule has 1 saturated carbocycles. The van der Waals surface area contributed by atoms with Crippen LogP contribution < -0.4 is 10.5 Å². The maximum atomic E-state index is 11.8. The number of esters is 1. The molecule has 4 heteroatoms. The average Bonchev–Trinajstić information content (AvgIpc) is 2.49. The standard InChI is InChI=1S/C16H23NO3/c1-3-11-4-7-13(8-5-11)20-15-9-6-12(17)10-14(15)16(18)19-2/h6,9-11,13H,3-5,7-8,17H2,1-2H3. The van der Waals surface area contributed by atoms with E-state index in [1.54, 1.807) is 18.2 Å². The number of benzene rings is 1. The molecular weight excluding hydrogens is 254 g/mol. The van der Waals surface area contributed by atoms with Gasteiger partial charge in [0.05, 0.1) is 13.2 Å². The van der Waals surface area contributed by atoms with Gasteiger partial charge in [0.2, 0.25) is 0 Å². The number of carbonyl (C=O) groups excluding carboxylic acids is 1. The summed E-state index contributed by atoms with van der Waals surface area (Å²) in [6.45, 7) is 2.24. The lowest BCUT2D eigenvalue weighted by molar-refractivity contribution is 0.0588. The van der Waals surface area contributed by atoms with Crippen LogP contribution in [0.4, 0.5) is 5.69 Å². The quantitative estimate of drug-likeness (QED) is 0.676. The van der Waals surface area contributed by atoms with E-state index in [1.165, 1.54) is 26.4 Å². The number of anilines is 1. The molecular formula is C16H23NO3. The minimum atomic E-state index is -0.408. The molecule has 0 radical (unpaired) electrons. The molecule has 2 N–H and O–H groups in total. The second-order valence-corrected chi connectivity index (χ2v) is 5.42. The topological polar surface area (TPSA) is 61.5 Å². The molecule has 1 aliphatic rings. The van der Waals surface area contributed by atoms with Gasteiger partial charge in [-0.05, 0) is 49.8 Å². The van der Waals surface area contributed by atoms with E-state index in [2.05, 4.69) is 6.92 Å². The molecule has 110 valence electrons. The summed E-state index contributed by atoms with van der Waals surface area (Å²) < 4.78 is 10.8. The monoisotopic (exact) mass is 277 g/mol. The molecule has 0 saturated heterocycles. The van der Waals surface area contributed by atoms with Crippen molar-refractivity contribution in [3.63, 3.8) is 0 Å². The SMILES string of the molecule is CCC1CCC(Oc2ccc(N)cc2C(=O)OC)CC1. The van der Waals surface area contributed by atoms with E-state index in [-0.39, 0.29) is 6.10 Å². The minimum Gasteiger partial charge on any atom is -0.490 e. The van der Waals surface area contributed by atoms with Gasteiger partial charge >= 0.3 is 5.97 Å². The molecule has 0 heterocycles. The molecule has 0 amide bonds. The van der Waals surface area contributed by atoms with Crippen LogP contribution in [0, 0.1) is 5.92 Å². The number of nitrogen functional groups attached to an aromatic ring is 1. The fourth-order valence-corrected chi connectivity index (χ4v) is 2.76. The lowest BCUT2D eigenvalue weighted by Crippen LogP contribution is -2.24.